The Hall–Kier alpha value is -1.68. The maximum atomic E-state index is 12.7. The van der Waals surface area contributed by atoms with Gasteiger partial charge in [0.15, 0.2) is 0 Å². The molecule has 0 spiro atoms. The highest BCUT2D eigenvalue weighted by Gasteiger charge is 2.41. The smallest absolute Gasteiger partial charge is 0.244 e. The Morgan fingerprint density at radius 2 is 2.11 bits per heavy atom. The van der Waals surface area contributed by atoms with Crippen molar-refractivity contribution < 1.29 is 14.3 Å². The van der Waals surface area contributed by atoms with Crippen LogP contribution in [0.5, 0.6) is 0 Å². The highest BCUT2D eigenvalue weighted by atomic mass is 19.1. The molecule has 1 aromatic carbocycles. The Labute approximate surface area is 112 Å². The lowest BCUT2D eigenvalue weighted by molar-refractivity contribution is -0.119. The van der Waals surface area contributed by atoms with E-state index in [1.54, 1.807) is 18.2 Å². The molecule has 0 aliphatic heterocycles. The topological polar surface area (TPSA) is 49.3 Å². The van der Waals surface area contributed by atoms with Crippen LogP contribution in [0.2, 0.25) is 0 Å². The molecule has 0 radical (unpaired) electrons. The predicted octanol–water partition coefficient (Wildman–Crippen LogP) is 2.12. The van der Waals surface area contributed by atoms with E-state index >= 15 is 0 Å². The molecule has 0 heterocycles. The monoisotopic (exact) mass is 263 g/mol. The van der Waals surface area contributed by atoms with Gasteiger partial charge in [0.25, 0.3) is 0 Å². The third kappa shape index (κ3) is 3.64. The highest BCUT2D eigenvalue weighted by molar-refractivity contribution is 5.92. The molecule has 1 aliphatic rings. The third-order valence-electron chi connectivity index (χ3n) is 3.51. The van der Waals surface area contributed by atoms with Gasteiger partial charge in [0.05, 0.1) is 12.1 Å². The molecule has 4 heteroatoms. The highest BCUT2D eigenvalue weighted by Crippen LogP contribution is 2.39. The van der Waals surface area contributed by atoms with Crippen LogP contribution in [0.15, 0.2) is 30.3 Å². The fourth-order valence-electron chi connectivity index (χ4n) is 2.06. The first-order chi connectivity index (χ1) is 9.03. The van der Waals surface area contributed by atoms with E-state index < -0.39 is 5.54 Å². The molecule has 1 unspecified atom stereocenters. The van der Waals surface area contributed by atoms with Crippen LogP contribution in [0.3, 0.4) is 0 Å². The zero-order chi connectivity index (χ0) is 13.9. The number of aliphatic hydroxyl groups excluding tert-OH is 1. The number of hydrogen-bond donors (Lipinski definition) is 2. The zero-order valence-corrected chi connectivity index (χ0v) is 10.9. The van der Waals surface area contributed by atoms with Crippen molar-refractivity contribution in [2.24, 2.45) is 5.92 Å². The maximum absolute atomic E-state index is 12.7. The van der Waals surface area contributed by atoms with Crippen LogP contribution in [0, 0.1) is 11.7 Å². The van der Waals surface area contributed by atoms with Gasteiger partial charge in [0.2, 0.25) is 5.91 Å². The molecule has 1 saturated carbocycles. The molecule has 19 heavy (non-hydrogen) atoms. The number of halogens is 1. The maximum Gasteiger partial charge on any atom is 0.244 e. The standard InChI is InChI=1S/C15H18FNO2/c1-15(10-18,12-5-6-12)17-14(19)9-4-11-2-7-13(16)8-3-11/h2-4,7-9,12,18H,5-6,10H2,1H3,(H,17,19)/b9-4+. The second kappa shape index (κ2) is 5.53. The van der Waals surface area contributed by atoms with E-state index in [1.807, 2.05) is 6.92 Å². The molecule has 102 valence electrons. The molecular formula is C15H18FNO2. The summed E-state index contributed by atoms with van der Waals surface area (Å²) in [5.41, 5.74) is 0.221. The molecule has 1 aromatic rings. The van der Waals surface area contributed by atoms with Crippen LogP contribution in [-0.4, -0.2) is 23.2 Å². The van der Waals surface area contributed by atoms with Gasteiger partial charge >= 0.3 is 0 Å². The van der Waals surface area contributed by atoms with Crippen LogP contribution in [0.4, 0.5) is 4.39 Å². The van der Waals surface area contributed by atoms with E-state index in [9.17, 15) is 14.3 Å². The molecule has 1 amide bonds. The summed E-state index contributed by atoms with van der Waals surface area (Å²) in [6, 6.07) is 5.90. The average Bonchev–Trinajstić information content (AvgIpc) is 3.22. The molecule has 1 atom stereocenters. The minimum Gasteiger partial charge on any atom is -0.394 e. The molecule has 2 N–H and O–H groups in total. The first-order valence-electron chi connectivity index (χ1n) is 6.40. The summed E-state index contributed by atoms with van der Waals surface area (Å²) in [4.78, 5) is 11.8. The largest absolute Gasteiger partial charge is 0.394 e. The van der Waals surface area contributed by atoms with Gasteiger partial charge in [-0.3, -0.25) is 4.79 Å². The van der Waals surface area contributed by atoms with Crippen molar-refractivity contribution in [3.63, 3.8) is 0 Å². The van der Waals surface area contributed by atoms with Crippen molar-refractivity contribution in [1.82, 2.24) is 5.32 Å². The van der Waals surface area contributed by atoms with Gasteiger partial charge in [-0.2, -0.15) is 0 Å². The van der Waals surface area contributed by atoms with Crippen molar-refractivity contribution in [2.75, 3.05) is 6.61 Å². The Morgan fingerprint density at radius 3 is 2.63 bits per heavy atom. The minimum absolute atomic E-state index is 0.0617. The number of nitrogens with one attached hydrogen (secondary N) is 1. The van der Waals surface area contributed by atoms with Crippen LogP contribution < -0.4 is 5.32 Å². The van der Waals surface area contributed by atoms with E-state index in [1.165, 1.54) is 18.2 Å². The molecule has 3 nitrogen and oxygen atoms in total. The normalized spacial score (nSPS) is 18.3. The van der Waals surface area contributed by atoms with Crippen molar-refractivity contribution in [3.8, 4) is 0 Å². The van der Waals surface area contributed by atoms with Crippen LogP contribution in [0.1, 0.15) is 25.3 Å². The number of benzene rings is 1. The second-order valence-corrected chi connectivity index (χ2v) is 5.22. The van der Waals surface area contributed by atoms with Crippen molar-refractivity contribution in [2.45, 2.75) is 25.3 Å². The molecule has 0 saturated heterocycles. The molecule has 0 aromatic heterocycles. The third-order valence-corrected chi connectivity index (χ3v) is 3.51. The summed E-state index contributed by atoms with van der Waals surface area (Å²) in [5.74, 6) is -0.184. The Bertz CT molecular complexity index is 479. The van der Waals surface area contributed by atoms with E-state index in [2.05, 4.69) is 5.32 Å². The van der Waals surface area contributed by atoms with Gasteiger partial charge in [-0.1, -0.05) is 12.1 Å². The number of carbonyl (C=O) groups excluding carboxylic acids is 1. The van der Waals surface area contributed by atoms with Crippen LogP contribution in [0.25, 0.3) is 6.08 Å². The van der Waals surface area contributed by atoms with E-state index in [0.717, 1.165) is 18.4 Å². The predicted molar refractivity (Wildman–Crippen MR) is 71.8 cm³/mol. The lowest BCUT2D eigenvalue weighted by Gasteiger charge is -2.28. The van der Waals surface area contributed by atoms with E-state index in [4.69, 9.17) is 0 Å². The Kier molecular flexibility index (Phi) is 4.00. The number of aliphatic hydroxyl groups is 1. The minimum atomic E-state index is -0.537. The van der Waals surface area contributed by atoms with Gasteiger partial charge in [-0.05, 0) is 49.5 Å². The second-order valence-electron chi connectivity index (χ2n) is 5.22. The fraction of sp³-hybridized carbons (Fsp3) is 0.400. The van der Waals surface area contributed by atoms with Gasteiger partial charge < -0.3 is 10.4 Å². The summed E-state index contributed by atoms with van der Waals surface area (Å²) >= 11 is 0. The number of carbonyl (C=O) groups is 1. The van der Waals surface area contributed by atoms with E-state index in [0.29, 0.717) is 5.92 Å². The summed E-state index contributed by atoms with van der Waals surface area (Å²) in [7, 11) is 0. The summed E-state index contributed by atoms with van der Waals surface area (Å²) < 4.78 is 12.7. The van der Waals surface area contributed by atoms with Gasteiger partial charge in [-0.25, -0.2) is 4.39 Å². The molecule has 1 aliphatic carbocycles. The average molecular weight is 263 g/mol. The number of rotatable bonds is 5. The molecule has 1 fully saturated rings. The SMILES string of the molecule is CC(CO)(NC(=O)/C=C/c1ccc(F)cc1)C1CC1. The summed E-state index contributed by atoms with van der Waals surface area (Å²) in [5, 5.41) is 12.2. The molecule has 0 bridgehead atoms. The lowest BCUT2D eigenvalue weighted by atomic mass is 9.97. The first kappa shape index (κ1) is 13.7. The summed E-state index contributed by atoms with van der Waals surface area (Å²) in [6.07, 6.45) is 5.11. The Balaban J connectivity index is 1.95. The Morgan fingerprint density at radius 1 is 1.47 bits per heavy atom. The van der Waals surface area contributed by atoms with Crippen LogP contribution in [-0.2, 0) is 4.79 Å². The number of hydrogen-bond acceptors (Lipinski definition) is 2. The fourth-order valence-corrected chi connectivity index (χ4v) is 2.06. The van der Waals surface area contributed by atoms with Crippen molar-refractivity contribution in [3.05, 3.63) is 41.7 Å². The van der Waals surface area contributed by atoms with E-state index in [-0.39, 0.29) is 18.3 Å². The molecule has 2 rings (SSSR count). The van der Waals surface area contributed by atoms with Gasteiger partial charge in [-0.15, -0.1) is 0 Å². The zero-order valence-electron chi connectivity index (χ0n) is 10.9. The van der Waals surface area contributed by atoms with Gasteiger partial charge in [0, 0.05) is 6.08 Å². The molecular weight excluding hydrogens is 245 g/mol. The lowest BCUT2D eigenvalue weighted by Crippen LogP contribution is -2.50. The summed E-state index contributed by atoms with van der Waals surface area (Å²) in [6.45, 7) is 1.79. The van der Waals surface area contributed by atoms with Gasteiger partial charge in [0.1, 0.15) is 5.82 Å². The number of amides is 1. The van der Waals surface area contributed by atoms with Crippen molar-refractivity contribution >= 4 is 12.0 Å². The van der Waals surface area contributed by atoms with Crippen molar-refractivity contribution in [1.29, 1.82) is 0 Å². The van der Waals surface area contributed by atoms with Crippen LogP contribution >= 0.6 is 0 Å². The first-order valence-corrected chi connectivity index (χ1v) is 6.40. The quantitative estimate of drug-likeness (QED) is 0.799.